The molecule has 1 heterocycles. The Morgan fingerprint density at radius 2 is 1.84 bits per heavy atom. The molecule has 0 aliphatic rings. The number of nitrogens with zero attached hydrogens (tertiary/aromatic N) is 3. The van der Waals surface area contributed by atoms with Crippen LogP contribution >= 0.6 is 11.6 Å². The molecule has 0 saturated carbocycles. The molecule has 0 fully saturated rings. The zero-order valence-electron chi connectivity index (χ0n) is 18.6. The molecule has 6 nitrogen and oxygen atoms in total. The molecule has 3 aromatic rings. The molecule has 31 heavy (non-hydrogen) atoms. The lowest BCUT2D eigenvalue weighted by Crippen LogP contribution is -2.35. The van der Waals surface area contributed by atoms with Gasteiger partial charge in [0, 0.05) is 17.3 Å². The highest BCUT2D eigenvalue weighted by molar-refractivity contribution is 6.31. The number of hydrogen-bond donors (Lipinski definition) is 1. The van der Waals surface area contributed by atoms with Crippen molar-refractivity contribution in [2.75, 3.05) is 27.7 Å². The van der Waals surface area contributed by atoms with Gasteiger partial charge in [0.1, 0.15) is 5.75 Å². The zero-order chi connectivity index (χ0) is 22.5. The van der Waals surface area contributed by atoms with Crippen LogP contribution in [0.4, 0.5) is 0 Å². The second-order valence-corrected chi connectivity index (χ2v) is 8.16. The van der Waals surface area contributed by atoms with Crippen LogP contribution in [0, 0.1) is 13.8 Å². The van der Waals surface area contributed by atoms with E-state index in [1.807, 2.05) is 81.2 Å². The van der Waals surface area contributed by atoms with Gasteiger partial charge in [-0.15, -0.1) is 0 Å². The fraction of sp³-hybridized carbons (Fsp3) is 0.333. The summed E-state index contributed by atoms with van der Waals surface area (Å²) in [5.74, 6) is 0.684. The smallest absolute Gasteiger partial charge is 0.255 e. The number of amides is 1. The summed E-state index contributed by atoms with van der Waals surface area (Å²) in [6, 6.07) is 15.6. The highest BCUT2D eigenvalue weighted by atomic mass is 35.5. The summed E-state index contributed by atoms with van der Waals surface area (Å²) >= 11 is 6.29. The molecule has 1 aromatic heterocycles. The third-order valence-electron chi connectivity index (χ3n) is 5.47. The van der Waals surface area contributed by atoms with Crippen molar-refractivity contribution in [2.24, 2.45) is 0 Å². The summed E-state index contributed by atoms with van der Waals surface area (Å²) < 4.78 is 7.07. The van der Waals surface area contributed by atoms with Gasteiger partial charge >= 0.3 is 0 Å². The maximum absolute atomic E-state index is 13.0. The number of likely N-dealkylation sites (N-methyl/N-ethyl adjacent to an activating group) is 1. The molecule has 1 N–H and O–H groups in total. The highest BCUT2D eigenvalue weighted by Crippen LogP contribution is 2.22. The van der Waals surface area contributed by atoms with Gasteiger partial charge < -0.3 is 15.0 Å². The van der Waals surface area contributed by atoms with Crippen LogP contribution < -0.4 is 10.1 Å². The standard InChI is InChI=1S/C24H29ClN4O2/c1-16-23(17(2)29(27-16)15-19-8-6-7-9-21(19)25)24(30)26-14-22(28(3)4)18-10-12-20(31-5)13-11-18/h6-13,22H,14-15H2,1-5H3,(H,26,30). The summed E-state index contributed by atoms with van der Waals surface area (Å²) in [6.45, 7) is 4.77. The van der Waals surface area contributed by atoms with Crippen LogP contribution in [0.25, 0.3) is 0 Å². The molecule has 3 rings (SSSR count). The van der Waals surface area contributed by atoms with Crippen molar-refractivity contribution in [3.05, 3.63) is 81.6 Å². The lowest BCUT2D eigenvalue weighted by molar-refractivity contribution is 0.0940. The van der Waals surface area contributed by atoms with Crippen molar-refractivity contribution in [3.63, 3.8) is 0 Å². The van der Waals surface area contributed by atoms with Gasteiger partial charge in [-0.2, -0.15) is 5.10 Å². The molecule has 0 radical (unpaired) electrons. The first-order chi connectivity index (χ1) is 14.8. The van der Waals surface area contributed by atoms with E-state index in [0.717, 1.165) is 22.6 Å². The quantitative estimate of drug-likeness (QED) is 0.569. The number of carbonyl (C=O) groups is 1. The molecule has 1 amide bonds. The number of rotatable bonds is 8. The van der Waals surface area contributed by atoms with Crippen LogP contribution in [0.3, 0.4) is 0 Å². The number of carbonyl (C=O) groups excluding carboxylic acids is 1. The van der Waals surface area contributed by atoms with E-state index in [4.69, 9.17) is 16.3 Å². The van der Waals surface area contributed by atoms with Crippen LogP contribution in [-0.2, 0) is 6.54 Å². The first-order valence-electron chi connectivity index (χ1n) is 10.2. The van der Waals surface area contributed by atoms with E-state index in [1.165, 1.54) is 0 Å². The summed E-state index contributed by atoms with van der Waals surface area (Å²) in [4.78, 5) is 15.1. The van der Waals surface area contributed by atoms with E-state index in [-0.39, 0.29) is 11.9 Å². The SMILES string of the molecule is COc1ccc(C(CNC(=O)c2c(C)nn(Cc3ccccc3Cl)c2C)N(C)C)cc1. The van der Waals surface area contributed by atoms with Crippen LogP contribution in [0.2, 0.25) is 5.02 Å². The Balaban J connectivity index is 1.74. The minimum absolute atomic E-state index is 0.0358. The monoisotopic (exact) mass is 440 g/mol. The summed E-state index contributed by atoms with van der Waals surface area (Å²) in [5.41, 5.74) is 4.20. The summed E-state index contributed by atoms with van der Waals surface area (Å²) in [5, 5.41) is 8.36. The molecule has 7 heteroatoms. The topological polar surface area (TPSA) is 59.4 Å². The lowest BCUT2D eigenvalue weighted by atomic mass is 10.1. The summed E-state index contributed by atoms with van der Waals surface area (Å²) in [7, 11) is 5.65. The second kappa shape index (κ2) is 9.98. The van der Waals surface area contributed by atoms with E-state index in [2.05, 4.69) is 15.3 Å². The molecule has 164 valence electrons. The molecule has 0 saturated heterocycles. The predicted octanol–water partition coefficient (Wildman–Crippen LogP) is 4.24. The maximum atomic E-state index is 13.0. The third kappa shape index (κ3) is 5.27. The summed E-state index contributed by atoms with van der Waals surface area (Å²) in [6.07, 6.45) is 0. The lowest BCUT2D eigenvalue weighted by Gasteiger charge is -2.25. The molecular weight excluding hydrogens is 412 g/mol. The highest BCUT2D eigenvalue weighted by Gasteiger charge is 2.21. The number of benzene rings is 2. The number of nitrogens with one attached hydrogen (secondary N) is 1. The zero-order valence-corrected chi connectivity index (χ0v) is 19.4. The fourth-order valence-electron chi connectivity index (χ4n) is 3.67. The average molecular weight is 441 g/mol. The Kier molecular flexibility index (Phi) is 7.36. The number of aryl methyl sites for hydroxylation is 1. The largest absolute Gasteiger partial charge is 0.497 e. The van der Waals surface area contributed by atoms with Crippen molar-refractivity contribution in [1.29, 1.82) is 0 Å². The van der Waals surface area contributed by atoms with Crippen molar-refractivity contribution in [3.8, 4) is 5.75 Å². The second-order valence-electron chi connectivity index (χ2n) is 7.76. The average Bonchev–Trinajstić information content (AvgIpc) is 3.03. The van der Waals surface area contributed by atoms with Crippen LogP contribution in [0.1, 0.15) is 38.9 Å². The van der Waals surface area contributed by atoms with Gasteiger partial charge in [0.15, 0.2) is 0 Å². The Bertz CT molecular complexity index is 1040. The van der Waals surface area contributed by atoms with Crippen molar-refractivity contribution < 1.29 is 9.53 Å². The number of aromatic nitrogens is 2. The fourth-order valence-corrected chi connectivity index (χ4v) is 3.87. The number of ether oxygens (including phenoxy) is 1. The Hall–Kier alpha value is -2.83. The number of halogens is 1. The van der Waals surface area contributed by atoms with Gasteiger partial charge in [0.25, 0.3) is 5.91 Å². The van der Waals surface area contributed by atoms with Crippen LogP contribution in [0.15, 0.2) is 48.5 Å². The van der Waals surface area contributed by atoms with Crippen molar-refractivity contribution in [2.45, 2.75) is 26.4 Å². The molecule has 0 aliphatic carbocycles. The van der Waals surface area contributed by atoms with Gasteiger partial charge in [-0.3, -0.25) is 9.48 Å². The number of hydrogen-bond acceptors (Lipinski definition) is 4. The van der Waals surface area contributed by atoms with E-state index >= 15 is 0 Å². The molecule has 0 spiro atoms. The normalized spacial score (nSPS) is 12.1. The number of methoxy groups -OCH3 is 1. The first kappa shape index (κ1) is 22.8. The van der Waals surface area contributed by atoms with Gasteiger partial charge in [0.05, 0.1) is 31.0 Å². The predicted molar refractivity (Wildman–Crippen MR) is 124 cm³/mol. The van der Waals surface area contributed by atoms with Gasteiger partial charge in [-0.25, -0.2) is 0 Å². The van der Waals surface area contributed by atoms with Gasteiger partial charge in [-0.05, 0) is 57.3 Å². The molecule has 0 bridgehead atoms. The van der Waals surface area contributed by atoms with Crippen LogP contribution in [-0.4, -0.2) is 48.3 Å². The Morgan fingerprint density at radius 3 is 2.45 bits per heavy atom. The molecule has 1 atom stereocenters. The molecular formula is C24H29ClN4O2. The Labute approximate surface area is 188 Å². The van der Waals surface area contributed by atoms with E-state index < -0.39 is 0 Å². The maximum Gasteiger partial charge on any atom is 0.255 e. The minimum Gasteiger partial charge on any atom is -0.497 e. The van der Waals surface area contributed by atoms with Gasteiger partial charge in [-0.1, -0.05) is 41.9 Å². The van der Waals surface area contributed by atoms with E-state index in [1.54, 1.807) is 7.11 Å². The van der Waals surface area contributed by atoms with E-state index in [9.17, 15) is 4.79 Å². The minimum atomic E-state index is -0.124. The first-order valence-corrected chi connectivity index (χ1v) is 10.6. The molecule has 0 aliphatic heterocycles. The Morgan fingerprint density at radius 1 is 1.16 bits per heavy atom. The van der Waals surface area contributed by atoms with Crippen molar-refractivity contribution in [1.82, 2.24) is 20.0 Å². The van der Waals surface area contributed by atoms with E-state index in [0.29, 0.717) is 29.4 Å². The van der Waals surface area contributed by atoms with Crippen LogP contribution in [0.5, 0.6) is 5.75 Å². The molecule has 2 aromatic carbocycles. The van der Waals surface area contributed by atoms with Crippen molar-refractivity contribution >= 4 is 17.5 Å². The third-order valence-corrected chi connectivity index (χ3v) is 5.84. The molecule has 1 unspecified atom stereocenters. The van der Waals surface area contributed by atoms with Gasteiger partial charge in [0.2, 0.25) is 0 Å².